The Morgan fingerprint density at radius 3 is 2.87 bits per heavy atom. The number of carbonyl (C=O) groups is 1. The van der Waals surface area contributed by atoms with Crippen LogP contribution in [0.15, 0.2) is 0 Å². The van der Waals surface area contributed by atoms with Crippen LogP contribution >= 0.6 is 24.4 Å². The van der Waals surface area contributed by atoms with Gasteiger partial charge in [-0.15, -0.1) is 0 Å². The third-order valence-electron chi connectivity index (χ3n) is 3.35. The normalized spacial score (nSPS) is 28.5. The fourth-order valence-corrected chi connectivity index (χ4v) is 3.54. The van der Waals surface area contributed by atoms with Gasteiger partial charge < -0.3 is 5.32 Å². The number of thioether (sulfide) groups is 1. The summed E-state index contributed by atoms with van der Waals surface area (Å²) in [7, 11) is 0. The second kappa shape index (κ2) is 5.00. The average Bonchev–Trinajstić information content (AvgIpc) is 3.00. The molecule has 86 valence electrons. The van der Waals surface area contributed by atoms with Gasteiger partial charge in [-0.25, -0.2) is 0 Å². The summed E-state index contributed by atoms with van der Waals surface area (Å²) in [5.74, 6) is 3.46. The Kier molecular flexibility index (Phi) is 3.88. The van der Waals surface area contributed by atoms with Crippen LogP contribution in [0.2, 0.25) is 0 Å². The van der Waals surface area contributed by atoms with Crippen molar-refractivity contribution in [3.05, 3.63) is 0 Å². The van der Waals surface area contributed by atoms with E-state index in [1.54, 1.807) is 0 Å². The summed E-state index contributed by atoms with van der Waals surface area (Å²) in [5.41, 5.74) is 0.259. The fourth-order valence-electron chi connectivity index (χ4n) is 2.04. The Labute approximate surface area is 101 Å². The van der Waals surface area contributed by atoms with Crippen LogP contribution in [0.5, 0.6) is 0 Å². The van der Waals surface area contributed by atoms with Crippen molar-refractivity contribution in [2.75, 3.05) is 17.3 Å². The maximum absolute atomic E-state index is 11.8. The van der Waals surface area contributed by atoms with Crippen LogP contribution in [0.3, 0.4) is 0 Å². The molecule has 2 rings (SSSR count). The van der Waals surface area contributed by atoms with E-state index in [4.69, 9.17) is 0 Å². The van der Waals surface area contributed by atoms with Crippen LogP contribution in [-0.2, 0) is 4.79 Å². The Bertz CT molecular complexity index is 235. The first-order chi connectivity index (χ1) is 7.24. The fraction of sp³-hybridized carbons (Fsp3) is 0.909. The zero-order chi connectivity index (χ0) is 10.7. The van der Waals surface area contributed by atoms with Gasteiger partial charge in [0.15, 0.2) is 0 Å². The number of carbonyl (C=O) groups excluding carboxylic acids is 1. The lowest BCUT2D eigenvalue weighted by Gasteiger charge is -2.23. The van der Waals surface area contributed by atoms with E-state index in [2.05, 4.69) is 17.9 Å². The van der Waals surface area contributed by atoms with E-state index < -0.39 is 0 Å². The van der Waals surface area contributed by atoms with Gasteiger partial charge in [0.05, 0.1) is 0 Å². The van der Waals surface area contributed by atoms with Gasteiger partial charge in [0.2, 0.25) is 5.91 Å². The lowest BCUT2D eigenvalue weighted by Crippen LogP contribution is -2.39. The minimum Gasteiger partial charge on any atom is -0.353 e. The largest absolute Gasteiger partial charge is 0.353 e. The molecule has 4 heteroatoms. The van der Waals surface area contributed by atoms with Gasteiger partial charge in [-0.05, 0) is 42.6 Å². The van der Waals surface area contributed by atoms with Crippen molar-refractivity contribution in [1.82, 2.24) is 5.32 Å². The van der Waals surface area contributed by atoms with Crippen molar-refractivity contribution in [2.24, 2.45) is 5.41 Å². The van der Waals surface area contributed by atoms with E-state index in [1.807, 2.05) is 11.8 Å². The van der Waals surface area contributed by atoms with Crippen LogP contribution in [-0.4, -0.2) is 29.2 Å². The molecule has 2 nitrogen and oxygen atoms in total. The summed E-state index contributed by atoms with van der Waals surface area (Å²) in [6.07, 6.45) is 5.46. The number of hydrogen-bond donors (Lipinski definition) is 2. The molecular weight excluding hydrogens is 226 g/mol. The van der Waals surface area contributed by atoms with Crippen molar-refractivity contribution in [2.45, 2.75) is 38.1 Å². The molecule has 1 heterocycles. The van der Waals surface area contributed by atoms with Crippen molar-refractivity contribution in [3.8, 4) is 0 Å². The quantitative estimate of drug-likeness (QED) is 0.743. The molecule has 0 spiro atoms. The number of hydrogen-bond acceptors (Lipinski definition) is 3. The molecule has 0 radical (unpaired) electrons. The van der Waals surface area contributed by atoms with Crippen LogP contribution in [0, 0.1) is 5.41 Å². The highest BCUT2D eigenvalue weighted by Crippen LogP contribution is 2.49. The van der Waals surface area contributed by atoms with Gasteiger partial charge in [0.1, 0.15) is 0 Å². The minimum atomic E-state index is 0.244. The molecule has 0 aromatic heterocycles. The Morgan fingerprint density at radius 1 is 1.53 bits per heavy atom. The van der Waals surface area contributed by atoms with Crippen molar-refractivity contribution in [3.63, 3.8) is 0 Å². The third-order valence-corrected chi connectivity index (χ3v) is 5.24. The second-order valence-electron chi connectivity index (χ2n) is 4.82. The van der Waals surface area contributed by atoms with Gasteiger partial charge in [0.25, 0.3) is 0 Å². The topological polar surface area (TPSA) is 29.1 Å². The monoisotopic (exact) mass is 245 g/mol. The maximum Gasteiger partial charge on any atom is 0.220 e. The number of nitrogens with one attached hydrogen (secondary N) is 1. The molecule has 2 aliphatic rings. The molecule has 2 fully saturated rings. The van der Waals surface area contributed by atoms with Gasteiger partial charge in [0, 0.05) is 18.2 Å². The molecule has 1 unspecified atom stereocenters. The predicted octanol–water partition coefficient (Wildman–Crippen LogP) is 2.10. The van der Waals surface area contributed by atoms with Crippen LogP contribution in [0.1, 0.15) is 32.1 Å². The highest BCUT2D eigenvalue weighted by atomic mass is 32.2. The Balaban J connectivity index is 1.72. The van der Waals surface area contributed by atoms with Crippen LogP contribution < -0.4 is 5.32 Å². The average molecular weight is 245 g/mol. The predicted molar refractivity (Wildman–Crippen MR) is 68.6 cm³/mol. The van der Waals surface area contributed by atoms with Gasteiger partial charge in [-0.2, -0.15) is 24.4 Å². The Morgan fingerprint density at radius 2 is 2.33 bits per heavy atom. The molecule has 1 atom stereocenters. The van der Waals surface area contributed by atoms with Crippen LogP contribution in [0.4, 0.5) is 0 Å². The summed E-state index contributed by atoms with van der Waals surface area (Å²) in [5, 5.41) is 3.16. The number of amides is 1. The van der Waals surface area contributed by atoms with E-state index in [9.17, 15) is 4.79 Å². The summed E-state index contributed by atoms with van der Waals surface area (Å²) in [6, 6.07) is 0.423. The van der Waals surface area contributed by atoms with Crippen LogP contribution in [0.25, 0.3) is 0 Å². The molecule has 1 aliphatic carbocycles. The SMILES string of the molecule is O=C(CC1(CS)CC1)NC1CCCSC1. The van der Waals surface area contributed by atoms with Gasteiger partial charge in [-0.3, -0.25) is 4.79 Å². The first-order valence-corrected chi connectivity index (χ1v) is 7.51. The first-order valence-electron chi connectivity index (χ1n) is 5.72. The maximum atomic E-state index is 11.8. The lowest BCUT2D eigenvalue weighted by molar-refractivity contribution is -0.122. The highest BCUT2D eigenvalue weighted by Gasteiger charge is 2.43. The molecule has 1 saturated carbocycles. The van der Waals surface area contributed by atoms with Gasteiger partial charge >= 0.3 is 0 Å². The molecule has 1 saturated heterocycles. The number of rotatable bonds is 4. The molecule has 0 aromatic rings. The summed E-state index contributed by atoms with van der Waals surface area (Å²) >= 11 is 6.27. The van der Waals surface area contributed by atoms with Crippen molar-refractivity contribution >= 4 is 30.3 Å². The number of thiol groups is 1. The molecule has 15 heavy (non-hydrogen) atoms. The smallest absolute Gasteiger partial charge is 0.220 e. The summed E-state index contributed by atoms with van der Waals surface area (Å²) < 4.78 is 0. The first kappa shape index (κ1) is 11.6. The minimum absolute atomic E-state index is 0.244. The summed E-state index contributed by atoms with van der Waals surface area (Å²) in [4.78, 5) is 11.8. The van der Waals surface area contributed by atoms with Crippen molar-refractivity contribution < 1.29 is 4.79 Å². The van der Waals surface area contributed by atoms with E-state index in [1.165, 1.54) is 25.0 Å². The highest BCUT2D eigenvalue weighted by molar-refractivity contribution is 7.99. The zero-order valence-corrected chi connectivity index (χ0v) is 10.7. The third kappa shape index (κ3) is 3.31. The van der Waals surface area contributed by atoms with Gasteiger partial charge in [-0.1, -0.05) is 0 Å². The molecule has 0 bridgehead atoms. The molecule has 0 aromatic carbocycles. The molecule has 1 amide bonds. The molecular formula is C11H19NOS2. The summed E-state index contributed by atoms with van der Waals surface area (Å²) in [6.45, 7) is 0. The van der Waals surface area contributed by atoms with E-state index in [-0.39, 0.29) is 11.3 Å². The lowest BCUT2D eigenvalue weighted by atomic mass is 10.0. The molecule has 1 aliphatic heterocycles. The molecule has 1 N–H and O–H groups in total. The Hall–Kier alpha value is 0.170. The zero-order valence-electron chi connectivity index (χ0n) is 9.00. The van der Waals surface area contributed by atoms with Crippen molar-refractivity contribution in [1.29, 1.82) is 0 Å². The second-order valence-corrected chi connectivity index (χ2v) is 6.28. The van der Waals surface area contributed by atoms with E-state index >= 15 is 0 Å². The van der Waals surface area contributed by atoms with E-state index in [0.29, 0.717) is 12.5 Å². The standard InChI is InChI=1S/C11H19NOS2/c13-10(6-11(8-14)3-4-11)12-9-2-1-5-15-7-9/h9,14H,1-8H2,(H,12,13). The van der Waals surface area contributed by atoms with E-state index in [0.717, 1.165) is 17.9 Å².